The van der Waals surface area contributed by atoms with Gasteiger partial charge in [0.05, 0.1) is 5.60 Å². The molecule has 3 nitrogen and oxygen atoms in total. The molecule has 3 atom stereocenters. The molecule has 2 saturated heterocycles. The van der Waals surface area contributed by atoms with E-state index in [0.29, 0.717) is 17.8 Å². The highest BCUT2D eigenvalue weighted by Gasteiger charge is 2.52. The van der Waals surface area contributed by atoms with Gasteiger partial charge in [-0.1, -0.05) is 38.1 Å². The lowest BCUT2D eigenvalue weighted by Crippen LogP contribution is -2.35. The van der Waals surface area contributed by atoms with Crippen LogP contribution in [0, 0.1) is 17.8 Å². The van der Waals surface area contributed by atoms with Gasteiger partial charge in [-0.15, -0.1) is 0 Å². The quantitative estimate of drug-likeness (QED) is 0.845. The lowest BCUT2D eigenvalue weighted by Gasteiger charge is -2.31. The average Bonchev–Trinajstić information content (AvgIpc) is 3.33. The molecule has 26 heavy (non-hydrogen) atoms. The Kier molecular flexibility index (Phi) is 5.41. The van der Waals surface area contributed by atoms with E-state index in [1.165, 1.54) is 57.5 Å². The topological polar surface area (TPSA) is 26.7 Å². The monoisotopic (exact) mass is 356 g/mol. The van der Waals surface area contributed by atoms with Crippen molar-refractivity contribution in [3.63, 3.8) is 0 Å². The first-order valence-corrected chi connectivity index (χ1v) is 10.8. The van der Waals surface area contributed by atoms with Gasteiger partial charge in [-0.3, -0.25) is 0 Å². The summed E-state index contributed by atoms with van der Waals surface area (Å²) in [7, 11) is 0. The lowest BCUT2D eigenvalue weighted by molar-refractivity contribution is -0.00690. The molecule has 0 bridgehead atoms. The summed E-state index contributed by atoms with van der Waals surface area (Å²) in [4.78, 5) is 5.15. The van der Waals surface area contributed by atoms with Crippen LogP contribution in [0.15, 0.2) is 24.3 Å². The molecule has 0 spiro atoms. The van der Waals surface area contributed by atoms with Crippen molar-refractivity contribution < 1.29 is 5.11 Å². The van der Waals surface area contributed by atoms with E-state index in [0.717, 1.165) is 24.9 Å². The molecule has 3 fully saturated rings. The normalized spacial score (nSPS) is 32.6. The van der Waals surface area contributed by atoms with E-state index >= 15 is 0 Å². The summed E-state index contributed by atoms with van der Waals surface area (Å²) >= 11 is 0. The van der Waals surface area contributed by atoms with Crippen molar-refractivity contribution in [1.82, 2.24) is 9.80 Å². The molecule has 4 rings (SSSR count). The first-order chi connectivity index (χ1) is 12.5. The van der Waals surface area contributed by atoms with Crippen molar-refractivity contribution in [1.29, 1.82) is 0 Å². The Morgan fingerprint density at radius 2 is 1.81 bits per heavy atom. The van der Waals surface area contributed by atoms with Crippen molar-refractivity contribution in [3.8, 4) is 0 Å². The summed E-state index contributed by atoms with van der Waals surface area (Å²) in [6.45, 7) is 11.7. The van der Waals surface area contributed by atoms with Crippen molar-refractivity contribution >= 4 is 0 Å². The summed E-state index contributed by atoms with van der Waals surface area (Å²) in [6, 6.07) is 8.95. The van der Waals surface area contributed by atoms with Gasteiger partial charge in [-0.25, -0.2) is 0 Å². The first-order valence-electron chi connectivity index (χ1n) is 10.8. The molecule has 3 heteroatoms. The second-order valence-electron chi connectivity index (χ2n) is 9.44. The molecule has 144 valence electrons. The van der Waals surface area contributed by atoms with Gasteiger partial charge in [0.25, 0.3) is 0 Å². The second-order valence-corrected chi connectivity index (χ2v) is 9.44. The van der Waals surface area contributed by atoms with Gasteiger partial charge < -0.3 is 14.9 Å². The molecule has 1 saturated carbocycles. The molecular formula is C23H36N2O. The zero-order chi connectivity index (χ0) is 18.1. The van der Waals surface area contributed by atoms with Crippen molar-refractivity contribution in [2.24, 2.45) is 17.8 Å². The van der Waals surface area contributed by atoms with Gasteiger partial charge >= 0.3 is 0 Å². The molecule has 2 aliphatic heterocycles. The number of aliphatic hydroxyl groups is 1. The smallest absolute Gasteiger partial charge is 0.0940 e. The van der Waals surface area contributed by atoms with Crippen molar-refractivity contribution in [2.75, 3.05) is 39.3 Å². The molecule has 2 heterocycles. The van der Waals surface area contributed by atoms with Crippen molar-refractivity contribution in [3.05, 3.63) is 35.4 Å². The molecule has 1 aromatic rings. The summed E-state index contributed by atoms with van der Waals surface area (Å²) in [6.07, 6.45) is 5.97. The van der Waals surface area contributed by atoms with Crippen LogP contribution in [-0.2, 0) is 12.0 Å². The third-order valence-corrected chi connectivity index (χ3v) is 7.02. The third-order valence-electron chi connectivity index (χ3n) is 7.02. The van der Waals surface area contributed by atoms with Crippen LogP contribution in [0.3, 0.4) is 0 Å². The Bertz CT molecular complexity index is 593. The molecular weight excluding hydrogens is 320 g/mol. The van der Waals surface area contributed by atoms with Crippen LogP contribution in [0.5, 0.6) is 0 Å². The van der Waals surface area contributed by atoms with E-state index in [4.69, 9.17) is 0 Å². The van der Waals surface area contributed by atoms with E-state index in [2.05, 4.69) is 47.9 Å². The standard InChI is InChI=1S/C23H36N2O/c1-18(2)15-25-16-20-9-11-23(26,22(20)17-25)21-7-5-19(6-8-21)10-14-24-12-3-4-13-24/h5-8,18,20,22,26H,3-4,9-17H2,1-2H3. The third kappa shape index (κ3) is 3.72. The molecule has 0 radical (unpaired) electrons. The zero-order valence-electron chi connectivity index (χ0n) is 16.7. The van der Waals surface area contributed by atoms with E-state index < -0.39 is 5.60 Å². The highest BCUT2D eigenvalue weighted by molar-refractivity contribution is 5.30. The van der Waals surface area contributed by atoms with Gasteiger partial charge in [0, 0.05) is 32.1 Å². The maximum Gasteiger partial charge on any atom is 0.0940 e. The number of benzene rings is 1. The Hall–Kier alpha value is -0.900. The summed E-state index contributed by atoms with van der Waals surface area (Å²) in [5.41, 5.74) is 1.96. The molecule has 3 aliphatic rings. The SMILES string of the molecule is CC(C)CN1CC2CCC(O)(c3ccc(CCN4CCCC4)cc3)C2C1. The Morgan fingerprint density at radius 1 is 1.08 bits per heavy atom. The molecule has 0 amide bonds. The van der Waals surface area contributed by atoms with Crippen LogP contribution >= 0.6 is 0 Å². The van der Waals surface area contributed by atoms with Gasteiger partial charge in [-0.2, -0.15) is 0 Å². The van der Waals surface area contributed by atoms with Gasteiger partial charge in [0.2, 0.25) is 0 Å². The number of hydrogen-bond donors (Lipinski definition) is 1. The zero-order valence-corrected chi connectivity index (χ0v) is 16.7. The Morgan fingerprint density at radius 3 is 2.50 bits per heavy atom. The maximum absolute atomic E-state index is 11.5. The van der Waals surface area contributed by atoms with E-state index in [1.54, 1.807) is 0 Å². The maximum atomic E-state index is 11.5. The molecule has 1 aliphatic carbocycles. The minimum atomic E-state index is -0.607. The Labute approximate surface area is 159 Å². The number of fused-ring (bicyclic) bond motifs is 1. The lowest BCUT2D eigenvalue weighted by atomic mass is 9.82. The van der Waals surface area contributed by atoms with E-state index in [9.17, 15) is 5.11 Å². The summed E-state index contributed by atoms with van der Waals surface area (Å²) in [5, 5.41) is 11.5. The van der Waals surface area contributed by atoms with Gasteiger partial charge in [0.15, 0.2) is 0 Å². The predicted octanol–water partition coefficient (Wildman–Crippen LogP) is 3.51. The largest absolute Gasteiger partial charge is 0.385 e. The molecule has 3 unspecified atom stereocenters. The fourth-order valence-corrected chi connectivity index (χ4v) is 5.66. The fraction of sp³-hybridized carbons (Fsp3) is 0.739. The molecule has 1 aromatic carbocycles. The number of rotatable bonds is 6. The number of nitrogens with zero attached hydrogens (tertiary/aromatic N) is 2. The highest BCUT2D eigenvalue weighted by atomic mass is 16.3. The minimum Gasteiger partial charge on any atom is -0.385 e. The second kappa shape index (κ2) is 7.61. The predicted molar refractivity (Wildman–Crippen MR) is 107 cm³/mol. The summed E-state index contributed by atoms with van der Waals surface area (Å²) < 4.78 is 0. The van der Waals surface area contributed by atoms with Crippen molar-refractivity contribution in [2.45, 2.75) is 51.6 Å². The Balaban J connectivity index is 1.40. The van der Waals surface area contributed by atoms with Gasteiger partial charge in [0.1, 0.15) is 0 Å². The highest BCUT2D eigenvalue weighted by Crippen LogP contribution is 2.50. The van der Waals surface area contributed by atoms with Crippen LogP contribution in [0.25, 0.3) is 0 Å². The first kappa shape index (κ1) is 18.5. The average molecular weight is 357 g/mol. The van der Waals surface area contributed by atoms with Crippen LogP contribution in [0.4, 0.5) is 0 Å². The van der Waals surface area contributed by atoms with Crippen LogP contribution < -0.4 is 0 Å². The van der Waals surface area contributed by atoms with Crippen LogP contribution in [0.2, 0.25) is 0 Å². The van der Waals surface area contributed by atoms with E-state index in [1.807, 2.05) is 0 Å². The summed E-state index contributed by atoms with van der Waals surface area (Å²) in [5.74, 6) is 1.79. The number of likely N-dealkylation sites (tertiary alicyclic amines) is 2. The van der Waals surface area contributed by atoms with Gasteiger partial charge in [-0.05, 0) is 68.2 Å². The van der Waals surface area contributed by atoms with Crippen LogP contribution in [-0.4, -0.2) is 54.2 Å². The minimum absolute atomic E-state index is 0.414. The molecule has 0 aromatic heterocycles. The van der Waals surface area contributed by atoms with Crippen LogP contribution in [0.1, 0.15) is 50.7 Å². The fourth-order valence-electron chi connectivity index (χ4n) is 5.66. The van der Waals surface area contributed by atoms with E-state index in [-0.39, 0.29) is 0 Å². The number of hydrogen-bond acceptors (Lipinski definition) is 3. The molecule has 1 N–H and O–H groups in total.